The van der Waals surface area contributed by atoms with Gasteiger partial charge in [0.2, 0.25) is 0 Å². The van der Waals surface area contributed by atoms with E-state index in [9.17, 15) is 20.4 Å². The third kappa shape index (κ3) is 12.8. The topological polar surface area (TPSA) is 294 Å². The molecule has 0 fully saturated rings. The van der Waals surface area contributed by atoms with Gasteiger partial charge in [-0.3, -0.25) is 19.9 Å². The minimum absolute atomic E-state index is 0. The van der Waals surface area contributed by atoms with Crippen molar-refractivity contribution in [1.29, 1.82) is 0 Å². The molecule has 0 spiro atoms. The number of pyridine rings is 4. The van der Waals surface area contributed by atoms with Crippen LogP contribution in [0.1, 0.15) is 67.3 Å². The lowest BCUT2D eigenvalue weighted by molar-refractivity contribution is 0.254. The molecule has 4 aromatic rings. The van der Waals surface area contributed by atoms with E-state index in [0.717, 1.165) is 0 Å². The van der Waals surface area contributed by atoms with Gasteiger partial charge in [0.1, 0.15) is 23.0 Å². The quantitative estimate of drug-likeness (QED) is 0.117. The normalized spacial score (nSPS) is 9.84. The van der Waals surface area contributed by atoms with Crippen molar-refractivity contribution in [3.8, 4) is 23.0 Å². The molecule has 0 saturated carbocycles. The van der Waals surface area contributed by atoms with E-state index < -0.39 is 0 Å². The van der Waals surface area contributed by atoms with E-state index in [2.05, 4.69) is 19.9 Å². The van der Waals surface area contributed by atoms with Crippen molar-refractivity contribution < 1.29 is 61.3 Å². The molecule has 4 heterocycles. The van der Waals surface area contributed by atoms with Crippen molar-refractivity contribution in [1.82, 2.24) is 19.9 Å². The van der Waals surface area contributed by atoms with Crippen LogP contribution >= 0.6 is 27.0 Å². The van der Waals surface area contributed by atoms with Gasteiger partial charge in [-0.05, 0) is 27.7 Å². The van der Waals surface area contributed by atoms with E-state index in [1.165, 1.54) is 24.8 Å². The van der Waals surface area contributed by atoms with Gasteiger partial charge in [-0.2, -0.15) is 27.0 Å². The number of aromatic hydroxyl groups is 4. The van der Waals surface area contributed by atoms with Gasteiger partial charge in [0.05, 0.1) is 75.6 Å². The lowest BCUT2D eigenvalue weighted by Gasteiger charge is -2.07. The average molecular weight is 745 g/mol. The Bertz CT molecular complexity index is 1390. The summed E-state index contributed by atoms with van der Waals surface area (Å²) >= 11 is 0. The summed E-state index contributed by atoms with van der Waals surface area (Å²) in [4.78, 5) is 15.3. The Labute approximate surface area is 303 Å². The third-order valence-electron chi connectivity index (χ3n) is 7.03. The molecule has 12 N–H and O–H groups in total. The molecule has 4 aromatic heterocycles. The number of aliphatic hydroxyl groups excluding tert-OH is 8. The van der Waals surface area contributed by atoms with E-state index in [0.29, 0.717) is 67.3 Å². The van der Waals surface area contributed by atoms with E-state index in [1.807, 2.05) is 0 Å². The Morgan fingerprint density at radius 3 is 0.620 bits per heavy atom. The molecule has 50 heavy (non-hydrogen) atoms. The van der Waals surface area contributed by atoms with Gasteiger partial charge in [-0.1, -0.05) is 0 Å². The minimum atomic E-state index is -0.287. The number of aliphatic hydroxyl groups is 8. The second-order valence-corrected chi connectivity index (χ2v) is 10.0. The fraction of sp³-hybridized carbons (Fsp3) is 0.375. The summed E-state index contributed by atoms with van der Waals surface area (Å²) in [6.45, 7) is 4.49. The molecule has 18 heteroatoms. The fourth-order valence-electron chi connectivity index (χ4n) is 3.99. The average Bonchev–Trinajstić information content (AvgIpc) is 3.10. The largest absolute Gasteiger partial charge is 0.506 e. The van der Waals surface area contributed by atoms with E-state index >= 15 is 0 Å². The lowest BCUT2D eigenvalue weighted by atomic mass is 10.1. The third-order valence-corrected chi connectivity index (χ3v) is 7.03. The van der Waals surface area contributed by atoms with E-state index in [1.54, 1.807) is 27.7 Å². The molecule has 0 bridgehead atoms. The molecule has 0 amide bonds. The summed E-state index contributed by atoms with van der Waals surface area (Å²) in [6.07, 6.45) is 5.78. The number of aryl methyl sites for hydroxylation is 4. The van der Waals surface area contributed by atoms with Gasteiger partial charge in [-0.25, -0.2) is 0 Å². The monoisotopic (exact) mass is 744 g/mol. The lowest BCUT2D eigenvalue weighted by Crippen LogP contribution is -1.98. The van der Waals surface area contributed by atoms with Gasteiger partial charge < -0.3 is 61.3 Å². The van der Waals surface area contributed by atoms with Crippen molar-refractivity contribution >= 4 is 27.0 Å². The molecule has 0 saturated heterocycles. The Morgan fingerprint density at radius 1 is 0.340 bits per heavy atom. The van der Waals surface area contributed by atoms with Crippen LogP contribution in [0.25, 0.3) is 0 Å². The molecule has 280 valence electrons. The van der Waals surface area contributed by atoms with Crippen LogP contribution in [0, 0.1) is 27.7 Å². The van der Waals surface area contributed by atoms with Crippen LogP contribution in [-0.4, -0.2) is 81.2 Å². The zero-order valence-corrected chi connectivity index (χ0v) is 30.1. The van der Waals surface area contributed by atoms with E-state index in [4.69, 9.17) is 40.9 Å². The first kappa shape index (κ1) is 48.3. The Hall–Kier alpha value is -3.82. The molecule has 0 aliphatic heterocycles. The zero-order chi connectivity index (χ0) is 36.6. The number of hydrogen-bond donors (Lipinski definition) is 12. The van der Waals surface area contributed by atoms with Crippen LogP contribution in [-0.2, 0) is 52.9 Å². The predicted molar refractivity (Wildman–Crippen MR) is 191 cm³/mol. The van der Waals surface area contributed by atoms with Crippen molar-refractivity contribution in [3.63, 3.8) is 0 Å². The Balaban J connectivity index is 0. The fourth-order valence-corrected chi connectivity index (χ4v) is 3.99. The van der Waals surface area contributed by atoms with Gasteiger partial charge in [0.15, 0.2) is 0 Å². The highest BCUT2D eigenvalue weighted by Gasteiger charge is 2.12. The van der Waals surface area contributed by atoms with Crippen LogP contribution in [0.15, 0.2) is 24.8 Å². The molecule has 16 nitrogen and oxygen atoms in total. The minimum Gasteiger partial charge on any atom is -0.506 e. The summed E-state index contributed by atoms with van der Waals surface area (Å²) in [6, 6.07) is 0. The number of hydrogen-bond acceptors (Lipinski definition) is 16. The van der Waals surface area contributed by atoms with Gasteiger partial charge in [0, 0.05) is 69.3 Å². The summed E-state index contributed by atoms with van der Waals surface area (Å²) in [7, 11) is 0. The maximum atomic E-state index is 9.38. The SMILES string of the molecule is Cc1ncc(CO)c(CO)c1O.Cc1ncc(CO)c(CO)c1O.Cc1ncc(CO)c(CO)c1O.Cc1ncc(CO)c(CO)c1O.S.S. The smallest absolute Gasteiger partial charge is 0.142 e. The van der Waals surface area contributed by atoms with Crippen molar-refractivity contribution in [2.75, 3.05) is 0 Å². The summed E-state index contributed by atoms with van der Waals surface area (Å²) in [5, 5.41) is 108. The van der Waals surface area contributed by atoms with Crippen LogP contribution in [0.3, 0.4) is 0 Å². The summed E-state index contributed by atoms with van der Waals surface area (Å²) in [5.41, 5.74) is 5.06. The highest BCUT2D eigenvalue weighted by Crippen LogP contribution is 2.26. The summed E-state index contributed by atoms with van der Waals surface area (Å²) < 4.78 is 0. The highest BCUT2D eigenvalue weighted by atomic mass is 32.1. The maximum absolute atomic E-state index is 9.38. The molecule has 0 unspecified atom stereocenters. The summed E-state index contributed by atoms with van der Waals surface area (Å²) in [5.74, 6) is -0.152. The first-order valence-electron chi connectivity index (χ1n) is 14.3. The molecule has 0 radical (unpaired) electrons. The first-order valence-corrected chi connectivity index (χ1v) is 14.3. The maximum Gasteiger partial charge on any atom is 0.142 e. The van der Waals surface area contributed by atoms with Crippen molar-refractivity contribution in [3.05, 3.63) is 92.1 Å². The van der Waals surface area contributed by atoms with Gasteiger partial charge in [0.25, 0.3) is 0 Å². The standard InChI is InChI=1S/4C8H11NO3.2H2S/c4*1-5-8(12)7(4-11)6(3-10)2-9-5;;/h4*2,10-12H,3-4H2,1H3;2*1H2. The molecule has 0 atom stereocenters. The Kier molecular flexibility index (Phi) is 23.5. The first-order chi connectivity index (χ1) is 22.8. The number of nitrogens with zero attached hydrogens (tertiary/aromatic N) is 4. The molecule has 0 aliphatic rings. The second kappa shape index (κ2) is 24.3. The van der Waals surface area contributed by atoms with Crippen LogP contribution < -0.4 is 0 Å². The number of aromatic nitrogens is 4. The second-order valence-electron chi connectivity index (χ2n) is 10.0. The molecular formula is C32H48N4O12S2. The molecule has 0 aliphatic carbocycles. The van der Waals surface area contributed by atoms with Crippen LogP contribution in [0.4, 0.5) is 0 Å². The number of rotatable bonds is 8. The Morgan fingerprint density at radius 2 is 0.500 bits per heavy atom. The van der Waals surface area contributed by atoms with Crippen LogP contribution in [0.2, 0.25) is 0 Å². The van der Waals surface area contributed by atoms with Crippen LogP contribution in [0.5, 0.6) is 23.0 Å². The van der Waals surface area contributed by atoms with E-state index in [-0.39, 0.29) is 103 Å². The van der Waals surface area contributed by atoms with Gasteiger partial charge in [-0.15, -0.1) is 0 Å². The van der Waals surface area contributed by atoms with Gasteiger partial charge >= 0.3 is 0 Å². The molecule has 0 aromatic carbocycles. The predicted octanol–water partition coefficient (Wildman–Crippen LogP) is 0.546. The molecule has 4 rings (SSSR count). The van der Waals surface area contributed by atoms with Crippen molar-refractivity contribution in [2.45, 2.75) is 80.6 Å². The highest BCUT2D eigenvalue weighted by molar-refractivity contribution is 7.59. The molecular weight excluding hydrogens is 697 g/mol. The van der Waals surface area contributed by atoms with Crippen molar-refractivity contribution in [2.24, 2.45) is 0 Å². The zero-order valence-electron chi connectivity index (χ0n) is 28.1.